The molecule has 2 aliphatic rings. The molecule has 3 unspecified atom stereocenters. The van der Waals surface area contributed by atoms with Crippen LogP contribution in [0.5, 0.6) is 0 Å². The Morgan fingerprint density at radius 3 is 2.50 bits per heavy atom. The molecule has 0 aliphatic heterocycles. The SMILES string of the molecule is CCCC1CCC(O)CC1N(C)C1(C)CCCC1. The van der Waals surface area contributed by atoms with Crippen molar-refractivity contribution in [3.63, 3.8) is 0 Å². The van der Waals surface area contributed by atoms with Crippen molar-refractivity contribution in [2.24, 2.45) is 5.92 Å². The van der Waals surface area contributed by atoms with Crippen LogP contribution in [0.4, 0.5) is 0 Å². The van der Waals surface area contributed by atoms with E-state index in [2.05, 4.69) is 25.8 Å². The van der Waals surface area contributed by atoms with E-state index in [9.17, 15) is 5.11 Å². The molecule has 106 valence electrons. The molecule has 0 amide bonds. The van der Waals surface area contributed by atoms with Gasteiger partial charge in [-0.05, 0) is 58.4 Å². The van der Waals surface area contributed by atoms with Gasteiger partial charge in [-0.3, -0.25) is 4.90 Å². The van der Waals surface area contributed by atoms with E-state index < -0.39 is 0 Å². The van der Waals surface area contributed by atoms with Crippen LogP contribution in [0.3, 0.4) is 0 Å². The van der Waals surface area contributed by atoms with Crippen LogP contribution in [0, 0.1) is 5.92 Å². The average Bonchev–Trinajstić information content (AvgIpc) is 2.79. The standard InChI is InChI=1S/C16H31NO/c1-4-7-13-8-9-14(18)12-15(13)17(3)16(2)10-5-6-11-16/h13-15,18H,4-12H2,1-3H3. The Bertz CT molecular complexity index is 260. The topological polar surface area (TPSA) is 23.5 Å². The van der Waals surface area contributed by atoms with Gasteiger partial charge in [0, 0.05) is 11.6 Å². The molecule has 2 nitrogen and oxygen atoms in total. The lowest BCUT2D eigenvalue weighted by molar-refractivity contribution is -0.0107. The first kappa shape index (κ1) is 14.3. The molecule has 0 aromatic rings. The largest absolute Gasteiger partial charge is 0.393 e. The molecule has 3 atom stereocenters. The highest BCUT2D eigenvalue weighted by Crippen LogP contribution is 2.40. The van der Waals surface area contributed by atoms with E-state index in [1.807, 2.05) is 0 Å². The fraction of sp³-hybridized carbons (Fsp3) is 1.00. The summed E-state index contributed by atoms with van der Waals surface area (Å²) in [5.41, 5.74) is 0.397. The first-order chi connectivity index (χ1) is 8.57. The fourth-order valence-electron chi connectivity index (χ4n) is 4.26. The van der Waals surface area contributed by atoms with E-state index in [1.165, 1.54) is 44.9 Å². The molecule has 2 heteroatoms. The van der Waals surface area contributed by atoms with Gasteiger partial charge in [-0.2, -0.15) is 0 Å². The van der Waals surface area contributed by atoms with Crippen LogP contribution < -0.4 is 0 Å². The lowest BCUT2D eigenvalue weighted by Gasteiger charge is -2.47. The van der Waals surface area contributed by atoms with Crippen molar-refractivity contribution in [3.05, 3.63) is 0 Å². The molecule has 0 aromatic heterocycles. The maximum Gasteiger partial charge on any atom is 0.0555 e. The molecule has 2 saturated carbocycles. The van der Waals surface area contributed by atoms with Crippen molar-refractivity contribution in [1.29, 1.82) is 0 Å². The Morgan fingerprint density at radius 1 is 1.22 bits per heavy atom. The van der Waals surface area contributed by atoms with Crippen molar-refractivity contribution >= 4 is 0 Å². The van der Waals surface area contributed by atoms with E-state index in [-0.39, 0.29) is 6.10 Å². The molecule has 2 aliphatic carbocycles. The zero-order valence-electron chi connectivity index (χ0n) is 12.5. The summed E-state index contributed by atoms with van der Waals surface area (Å²) in [6.45, 7) is 4.73. The molecule has 2 rings (SSSR count). The summed E-state index contributed by atoms with van der Waals surface area (Å²) in [5.74, 6) is 0.806. The summed E-state index contributed by atoms with van der Waals surface area (Å²) >= 11 is 0. The summed E-state index contributed by atoms with van der Waals surface area (Å²) in [5, 5.41) is 10.0. The number of nitrogens with zero attached hydrogens (tertiary/aromatic N) is 1. The van der Waals surface area contributed by atoms with Gasteiger partial charge in [0.25, 0.3) is 0 Å². The minimum Gasteiger partial charge on any atom is -0.393 e. The third-order valence-corrected chi connectivity index (χ3v) is 5.62. The van der Waals surface area contributed by atoms with Crippen molar-refractivity contribution in [2.75, 3.05) is 7.05 Å². The normalized spacial score (nSPS) is 36.2. The van der Waals surface area contributed by atoms with Crippen LogP contribution in [0.15, 0.2) is 0 Å². The second-order valence-corrected chi connectivity index (χ2v) is 6.90. The van der Waals surface area contributed by atoms with Gasteiger partial charge in [0.15, 0.2) is 0 Å². The summed E-state index contributed by atoms with van der Waals surface area (Å²) in [6.07, 6.45) is 11.2. The molecule has 0 radical (unpaired) electrons. The van der Waals surface area contributed by atoms with Gasteiger partial charge < -0.3 is 5.11 Å². The van der Waals surface area contributed by atoms with Crippen LogP contribution >= 0.6 is 0 Å². The molecule has 2 fully saturated rings. The van der Waals surface area contributed by atoms with Gasteiger partial charge in [0.05, 0.1) is 6.10 Å². The zero-order chi connectivity index (χ0) is 13.2. The van der Waals surface area contributed by atoms with Gasteiger partial charge in [-0.1, -0.05) is 26.2 Å². The lowest BCUT2D eigenvalue weighted by atomic mass is 9.78. The fourth-order valence-corrected chi connectivity index (χ4v) is 4.26. The molecule has 1 N–H and O–H groups in total. The highest BCUT2D eigenvalue weighted by molar-refractivity contribution is 4.96. The molecule has 0 heterocycles. The molecule has 0 aromatic carbocycles. The quantitative estimate of drug-likeness (QED) is 0.828. The number of hydrogen-bond donors (Lipinski definition) is 1. The van der Waals surface area contributed by atoms with Crippen molar-refractivity contribution in [1.82, 2.24) is 4.90 Å². The van der Waals surface area contributed by atoms with Gasteiger partial charge >= 0.3 is 0 Å². The van der Waals surface area contributed by atoms with Gasteiger partial charge in [0.2, 0.25) is 0 Å². The Morgan fingerprint density at radius 2 is 1.89 bits per heavy atom. The van der Waals surface area contributed by atoms with Gasteiger partial charge in [0.1, 0.15) is 0 Å². The van der Waals surface area contributed by atoms with E-state index in [1.54, 1.807) is 0 Å². The number of hydrogen-bond acceptors (Lipinski definition) is 2. The lowest BCUT2D eigenvalue weighted by Crippen LogP contribution is -2.53. The van der Waals surface area contributed by atoms with Crippen molar-refractivity contribution in [3.8, 4) is 0 Å². The number of aliphatic hydroxyl groups is 1. The van der Waals surface area contributed by atoms with Crippen LogP contribution in [-0.2, 0) is 0 Å². The first-order valence-corrected chi connectivity index (χ1v) is 7.98. The molecule has 0 saturated heterocycles. The Kier molecular flexibility index (Phi) is 4.71. The van der Waals surface area contributed by atoms with Gasteiger partial charge in [-0.15, -0.1) is 0 Å². The van der Waals surface area contributed by atoms with Crippen molar-refractivity contribution in [2.45, 2.75) is 89.3 Å². The summed E-state index contributed by atoms with van der Waals surface area (Å²) in [6, 6.07) is 0.608. The number of rotatable bonds is 4. The Balaban J connectivity index is 2.06. The van der Waals surface area contributed by atoms with E-state index in [0.29, 0.717) is 11.6 Å². The Hall–Kier alpha value is -0.0800. The highest BCUT2D eigenvalue weighted by atomic mass is 16.3. The van der Waals surface area contributed by atoms with Crippen LogP contribution in [0.25, 0.3) is 0 Å². The molecular weight excluding hydrogens is 222 g/mol. The minimum atomic E-state index is -0.0597. The first-order valence-electron chi connectivity index (χ1n) is 7.98. The monoisotopic (exact) mass is 253 g/mol. The van der Waals surface area contributed by atoms with Crippen LogP contribution in [0.2, 0.25) is 0 Å². The molecule has 0 bridgehead atoms. The molecule has 0 spiro atoms. The van der Waals surface area contributed by atoms with E-state index in [4.69, 9.17) is 0 Å². The van der Waals surface area contributed by atoms with Crippen LogP contribution in [0.1, 0.15) is 71.6 Å². The predicted octanol–water partition coefficient (Wildman–Crippen LogP) is 3.58. The maximum absolute atomic E-state index is 10.0. The van der Waals surface area contributed by atoms with Crippen LogP contribution in [-0.4, -0.2) is 34.7 Å². The zero-order valence-corrected chi connectivity index (χ0v) is 12.5. The van der Waals surface area contributed by atoms with E-state index >= 15 is 0 Å². The Labute approximate surface area is 113 Å². The van der Waals surface area contributed by atoms with Gasteiger partial charge in [-0.25, -0.2) is 0 Å². The highest BCUT2D eigenvalue weighted by Gasteiger charge is 2.40. The third kappa shape index (κ3) is 2.91. The smallest absolute Gasteiger partial charge is 0.0555 e. The second kappa shape index (κ2) is 5.92. The van der Waals surface area contributed by atoms with E-state index in [0.717, 1.165) is 18.8 Å². The minimum absolute atomic E-state index is 0.0597. The summed E-state index contributed by atoms with van der Waals surface area (Å²) in [7, 11) is 2.32. The molecular formula is C16H31NO. The summed E-state index contributed by atoms with van der Waals surface area (Å²) in [4.78, 5) is 2.64. The third-order valence-electron chi connectivity index (χ3n) is 5.62. The predicted molar refractivity (Wildman–Crippen MR) is 76.7 cm³/mol. The maximum atomic E-state index is 10.0. The van der Waals surface area contributed by atoms with Crippen molar-refractivity contribution < 1.29 is 5.11 Å². The number of aliphatic hydroxyl groups excluding tert-OH is 1. The average molecular weight is 253 g/mol. The second-order valence-electron chi connectivity index (χ2n) is 6.90. The molecule has 18 heavy (non-hydrogen) atoms. The summed E-state index contributed by atoms with van der Waals surface area (Å²) < 4.78 is 0.